The van der Waals surface area contributed by atoms with E-state index in [1.54, 1.807) is 31.4 Å². The van der Waals surface area contributed by atoms with E-state index < -0.39 is 5.97 Å². The maximum atomic E-state index is 11.8. The highest BCUT2D eigenvalue weighted by molar-refractivity contribution is 7.80. The van der Waals surface area contributed by atoms with Crippen LogP contribution >= 0.6 is 23.8 Å². The Labute approximate surface area is 163 Å². The largest absolute Gasteiger partial charge is 0.467 e. The number of hydrogen-bond acceptors (Lipinski definition) is 4. The molecule has 7 heteroatoms. The molecule has 1 heterocycles. The molecule has 0 aliphatic heterocycles. The number of thiocarbonyl (C=S) groups is 1. The van der Waals surface area contributed by atoms with Crippen LogP contribution in [0.25, 0.3) is 0 Å². The van der Waals surface area contributed by atoms with Crippen molar-refractivity contribution in [1.82, 2.24) is 5.32 Å². The summed E-state index contributed by atoms with van der Waals surface area (Å²) >= 11 is 11.7. The molecular weight excluding hydrogens is 372 g/mol. The van der Waals surface area contributed by atoms with Gasteiger partial charge in [0.25, 0.3) is 0 Å². The summed E-state index contributed by atoms with van der Waals surface area (Å²) < 4.78 is 10.6. The zero-order valence-electron chi connectivity index (χ0n) is 14.5. The van der Waals surface area contributed by atoms with Crippen molar-refractivity contribution in [2.45, 2.75) is 38.1 Å². The maximum absolute atomic E-state index is 11.8. The lowest BCUT2D eigenvalue weighted by atomic mass is 9.94. The molecule has 2 aromatic rings. The number of benzene rings is 1. The Morgan fingerprint density at radius 3 is 2.73 bits per heavy atom. The standard InChI is InChI=1S/C19H21ClN2O3S/c1-2-24-17(23)14-8-7-13(12-15(14)20)21-18(26)22-19(9-3-4-10-19)16-6-5-11-25-16/h5-8,11-12H,2-4,9-10H2,1H3,(H2,21,22,26). The number of esters is 1. The summed E-state index contributed by atoms with van der Waals surface area (Å²) in [6.07, 6.45) is 5.85. The highest BCUT2D eigenvalue weighted by Crippen LogP contribution is 2.39. The monoisotopic (exact) mass is 392 g/mol. The van der Waals surface area contributed by atoms with Crippen LogP contribution in [0.5, 0.6) is 0 Å². The van der Waals surface area contributed by atoms with E-state index in [2.05, 4.69) is 10.6 Å². The molecule has 0 bridgehead atoms. The molecule has 1 saturated carbocycles. The van der Waals surface area contributed by atoms with Crippen molar-refractivity contribution in [2.75, 3.05) is 11.9 Å². The molecule has 1 aliphatic rings. The SMILES string of the molecule is CCOC(=O)c1ccc(NC(=S)NC2(c3ccco3)CCCC2)cc1Cl. The Hall–Kier alpha value is -2.05. The van der Waals surface area contributed by atoms with E-state index in [9.17, 15) is 4.79 Å². The number of nitrogens with one attached hydrogen (secondary N) is 2. The van der Waals surface area contributed by atoms with E-state index in [4.69, 9.17) is 33.0 Å². The fourth-order valence-corrected chi connectivity index (χ4v) is 3.88. The highest BCUT2D eigenvalue weighted by Gasteiger charge is 2.38. The molecule has 0 unspecified atom stereocenters. The predicted molar refractivity (Wildman–Crippen MR) is 106 cm³/mol. The van der Waals surface area contributed by atoms with Crippen molar-refractivity contribution >= 4 is 40.6 Å². The molecule has 26 heavy (non-hydrogen) atoms. The quantitative estimate of drug-likeness (QED) is 0.559. The predicted octanol–water partition coefficient (Wildman–Crippen LogP) is 4.87. The average molecular weight is 393 g/mol. The minimum atomic E-state index is -0.438. The first-order valence-electron chi connectivity index (χ1n) is 8.64. The molecule has 0 radical (unpaired) electrons. The Bertz CT molecular complexity index is 786. The number of carbonyl (C=O) groups excluding carboxylic acids is 1. The second-order valence-electron chi connectivity index (χ2n) is 6.26. The van der Waals surface area contributed by atoms with Crippen LogP contribution in [0.1, 0.15) is 48.7 Å². The molecule has 0 spiro atoms. The number of ether oxygens (including phenoxy) is 1. The third-order valence-corrected chi connectivity index (χ3v) is 5.04. The first-order chi connectivity index (χ1) is 12.5. The van der Waals surface area contributed by atoms with Crippen molar-refractivity contribution in [3.05, 3.63) is 52.9 Å². The molecular formula is C19H21ClN2O3S. The zero-order chi connectivity index (χ0) is 18.6. The number of anilines is 1. The van der Waals surface area contributed by atoms with E-state index in [0.717, 1.165) is 31.4 Å². The van der Waals surface area contributed by atoms with Gasteiger partial charge in [0.2, 0.25) is 0 Å². The molecule has 0 atom stereocenters. The maximum Gasteiger partial charge on any atom is 0.339 e. The van der Waals surface area contributed by atoms with Crippen LogP contribution in [-0.4, -0.2) is 17.7 Å². The van der Waals surface area contributed by atoms with Crippen LogP contribution in [0.4, 0.5) is 5.69 Å². The van der Waals surface area contributed by atoms with E-state index in [-0.39, 0.29) is 5.54 Å². The van der Waals surface area contributed by atoms with Gasteiger partial charge in [-0.1, -0.05) is 24.4 Å². The van der Waals surface area contributed by atoms with Crippen LogP contribution in [0.3, 0.4) is 0 Å². The number of hydrogen-bond donors (Lipinski definition) is 2. The van der Waals surface area contributed by atoms with Crippen LogP contribution in [0.15, 0.2) is 41.0 Å². The van der Waals surface area contributed by atoms with Crippen LogP contribution in [0, 0.1) is 0 Å². The first kappa shape index (κ1) is 18.7. The van der Waals surface area contributed by atoms with Gasteiger partial charge in [-0.15, -0.1) is 0 Å². The van der Waals surface area contributed by atoms with E-state index in [0.29, 0.717) is 28.0 Å². The summed E-state index contributed by atoms with van der Waals surface area (Å²) in [4.78, 5) is 11.8. The second kappa shape index (κ2) is 8.10. The van der Waals surface area contributed by atoms with Gasteiger partial charge in [0.15, 0.2) is 5.11 Å². The zero-order valence-corrected chi connectivity index (χ0v) is 16.1. The van der Waals surface area contributed by atoms with Gasteiger partial charge in [-0.25, -0.2) is 4.79 Å². The van der Waals surface area contributed by atoms with E-state index in [1.165, 1.54) is 0 Å². The summed E-state index contributed by atoms with van der Waals surface area (Å²) in [7, 11) is 0. The van der Waals surface area contributed by atoms with Crippen molar-refractivity contribution in [1.29, 1.82) is 0 Å². The minimum absolute atomic E-state index is 0.276. The summed E-state index contributed by atoms with van der Waals surface area (Å²) in [6, 6.07) is 8.91. The van der Waals surface area contributed by atoms with Gasteiger partial charge in [0, 0.05) is 5.69 Å². The molecule has 1 aromatic heterocycles. The molecule has 1 aromatic carbocycles. The summed E-state index contributed by atoms with van der Waals surface area (Å²) in [5.74, 6) is 0.460. The smallest absolute Gasteiger partial charge is 0.339 e. The summed E-state index contributed by atoms with van der Waals surface area (Å²) in [5, 5.41) is 7.36. The first-order valence-corrected chi connectivity index (χ1v) is 9.42. The molecule has 2 N–H and O–H groups in total. The minimum Gasteiger partial charge on any atom is -0.467 e. The second-order valence-corrected chi connectivity index (χ2v) is 7.08. The van der Waals surface area contributed by atoms with Crippen molar-refractivity contribution in [2.24, 2.45) is 0 Å². The van der Waals surface area contributed by atoms with Gasteiger partial charge >= 0.3 is 5.97 Å². The van der Waals surface area contributed by atoms with Crippen LogP contribution in [0.2, 0.25) is 5.02 Å². The normalized spacial score (nSPS) is 15.5. The van der Waals surface area contributed by atoms with Gasteiger partial charge < -0.3 is 19.8 Å². The number of furan rings is 1. The third kappa shape index (κ3) is 4.02. The van der Waals surface area contributed by atoms with Gasteiger partial charge in [0.1, 0.15) is 5.76 Å². The van der Waals surface area contributed by atoms with E-state index >= 15 is 0 Å². The molecule has 1 fully saturated rings. The molecule has 0 amide bonds. The number of carbonyl (C=O) groups is 1. The Morgan fingerprint density at radius 1 is 1.35 bits per heavy atom. The van der Waals surface area contributed by atoms with Crippen LogP contribution < -0.4 is 10.6 Å². The molecule has 0 saturated heterocycles. The van der Waals surface area contributed by atoms with Crippen molar-refractivity contribution in [3.63, 3.8) is 0 Å². The Morgan fingerprint density at radius 2 is 2.12 bits per heavy atom. The lowest BCUT2D eigenvalue weighted by Gasteiger charge is -2.29. The topological polar surface area (TPSA) is 63.5 Å². The number of rotatable bonds is 5. The average Bonchev–Trinajstić information content (AvgIpc) is 3.27. The van der Waals surface area contributed by atoms with Gasteiger partial charge in [-0.3, -0.25) is 0 Å². The Kier molecular flexibility index (Phi) is 5.84. The summed E-state index contributed by atoms with van der Waals surface area (Å²) in [6.45, 7) is 2.06. The fourth-order valence-electron chi connectivity index (χ4n) is 3.31. The third-order valence-electron chi connectivity index (χ3n) is 4.53. The highest BCUT2D eigenvalue weighted by atomic mass is 35.5. The molecule has 5 nitrogen and oxygen atoms in total. The number of halogens is 1. The molecule has 1 aliphatic carbocycles. The lowest BCUT2D eigenvalue weighted by Crippen LogP contribution is -2.45. The van der Waals surface area contributed by atoms with Crippen molar-refractivity contribution in [3.8, 4) is 0 Å². The van der Waals surface area contributed by atoms with Crippen molar-refractivity contribution < 1.29 is 13.9 Å². The van der Waals surface area contributed by atoms with Crippen LogP contribution in [-0.2, 0) is 10.3 Å². The lowest BCUT2D eigenvalue weighted by molar-refractivity contribution is 0.0526. The molecule has 3 rings (SSSR count). The van der Waals surface area contributed by atoms with Gasteiger partial charge in [0.05, 0.1) is 29.0 Å². The Balaban J connectivity index is 1.70. The van der Waals surface area contributed by atoms with E-state index in [1.807, 2.05) is 12.1 Å². The van der Waals surface area contributed by atoms with Gasteiger partial charge in [-0.2, -0.15) is 0 Å². The fraction of sp³-hybridized carbons (Fsp3) is 0.368. The summed E-state index contributed by atoms with van der Waals surface area (Å²) in [5.41, 5.74) is 0.761. The van der Waals surface area contributed by atoms with Gasteiger partial charge in [-0.05, 0) is 62.3 Å². The molecule has 138 valence electrons.